The summed E-state index contributed by atoms with van der Waals surface area (Å²) >= 11 is -1.70. The van der Waals surface area contributed by atoms with Crippen molar-refractivity contribution >= 4 is 11.1 Å². The summed E-state index contributed by atoms with van der Waals surface area (Å²) < 4.78 is 20.1. The largest absolute Gasteiger partial charge is 0.306 e. The van der Waals surface area contributed by atoms with Gasteiger partial charge in [-0.1, -0.05) is 26.0 Å². The first-order valence-electron chi connectivity index (χ1n) is 5.16. The van der Waals surface area contributed by atoms with Gasteiger partial charge in [-0.3, -0.25) is 0 Å². The smallest absolute Gasteiger partial charge is 0.153 e. The molecule has 83 valence electrons. The van der Waals surface area contributed by atoms with E-state index in [9.17, 15) is 4.21 Å². The molecule has 3 atom stereocenters. The van der Waals surface area contributed by atoms with Gasteiger partial charge in [-0.05, 0) is 30.6 Å². The SMILES string of the molecule is C=C1CC2CCC1(CS(=O)O)C2(C)C.[Y]. The van der Waals surface area contributed by atoms with Crippen molar-refractivity contribution in [2.45, 2.75) is 33.1 Å². The van der Waals surface area contributed by atoms with Gasteiger partial charge in [0.05, 0.1) is 5.75 Å². The Hall–Kier alpha value is 0.954. The first kappa shape index (κ1) is 14.0. The van der Waals surface area contributed by atoms with E-state index in [-0.39, 0.29) is 43.5 Å². The molecule has 0 aromatic rings. The summed E-state index contributed by atoms with van der Waals surface area (Å²) in [7, 11) is 0. The zero-order valence-electron chi connectivity index (χ0n) is 9.45. The third-order valence-electron chi connectivity index (χ3n) is 4.71. The van der Waals surface area contributed by atoms with Gasteiger partial charge in [0.25, 0.3) is 0 Å². The van der Waals surface area contributed by atoms with Gasteiger partial charge in [0, 0.05) is 38.1 Å². The second-order valence-electron chi connectivity index (χ2n) is 5.31. The molecular weight excluding hydrogens is 285 g/mol. The van der Waals surface area contributed by atoms with Crippen LogP contribution in [-0.4, -0.2) is 14.5 Å². The van der Waals surface area contributed by atoms with Gasteiger partial charge in [0.2, 0.25) is 0 Å². The Morgan fingerprint density at radius 1 is 1.60 bits per heavy atom. The molecule has 15 heavy (non-hydrogen) atoms. The molecule has 2 nitrogen and oxygen atoms in total. The summed E-state index contributed by atoms with van der Waals surface area (Å²) in [4.78, 5) is 0. The quantitative estimate of drug-likeness (QED) is 0.629. The predicted octanol–water partition coefficient (Wildman–Crippen LogP) is 2.59. The van der Waals surface area contributed by atoms with Gasteiger partial charge in [0.15, 0.2) is 11.1 Å². The van der Waals surface area contributed by atoms with Crippen LogP contribution in [0.4, 0.5) is 0 Å². The zero-order valence-corrected chi connectivity index (χ0v) is 13.1. The molecule has 1 N–H and O–H groups in total. The third kappa shape index (κ3) is 1.84. The maximum Gasteiger partial charge on any atom is 0.153 e. The number of hydrogen-bond acceptors (Lipinski definition) is 1. The van der Waals surface area contributed by atoms with Gasteiger partial charge in [-0.25, -0.2) is 4.21 Å². The molecule has 0 saturated heterocycles. The van der Waals surface area contributed by atoms with E-state index in [0.717, 1.165) is 12.8 Å². The summed E-state index contributed by atoms with van der Waals surface area (Å²) in [6.45, 7) is 8.58. The number of hydrogen-bond donors (Lipinski definition) is 1. The molecule has 2 bridgehead atoms. The van der Waals surface area contributed by atoms with Crippen molar-refractivity contribution in [2.75, 3.05) is 5.75 Å². The summed E-state index contributed by atoms with van der Waals surface area (Å²) in [5.74, 6) is 1.06. The van der Waals surface area contributed by atoms with Crippen molar-refractivity contribution in [3.05, 3.63) is 12.2 Å². The minimum absolute atomic E-state index is 0. The predicted molar refractivity (Wildman–Crippen MR) is 58.3 cm³/mol. The molecule has 0 aliphatic heterocycles. The monoisotopic (exact) mass is 303 g/mol. The van der Waals surface area contributed by atoms with Crippen molar-refractivity contribution in [1.82, 2.24) is 0 Å². The number of fused-ring (bicyclic) bond motifs is 2. The minimum atomic E-state index is -1.70. The summed E-state index contributed by atoms with van der Waals surface area (Å²) in [5, 5.41) is 0. The first-order chi connectivity index (χ1) is 6.40. The number of allylic oxidation sites excluding steroid dienone is 1. The molecule has 3 unspecified atom stereocenters. The van der Waals surface area contributed by atoms with Gasteiger partial charge in [-0.15, -0.1) is 0 Å². The average molecular weight is 303 g/mol. The van der Waals surface area contributed by atoms with Gasteiger partial charge in [0.1, 0.15) is 0 Å². The van der Waals surface area contributed by atoms with E-state index in [1.807, 2.05) is 0 Å². The standard InChI is InChI=1S/C11H18O2S.Y/c1-8-6-9-4-5-11(8,7-14(12)13)10(9,2)3;/h9H,1,4-7H2,2-3H3,(H,12,13);. The fourth-order valence-corrected chi connectivity index (χ4v) is 4.69. The Morgan fingerprint density at radius 2 is 2.20 bits per heavy atom. The van der Waals surface area contributed by atoms with Crippen molar-refractivity contribution in [3.8, 4) is 0 Å². The first-order valence-corrected chi connectivity index (χ1v) is 6.43. The Morgan fingerprint density at radius 3 is 2.53 bits per heavy atom. The molecule has 0 aromatic heterocycles. The second kappa shape index (κ2) is 4.32. The van der Waals surface area contributed by atoms with Crippen LogP contribution in [0.5, 0.6) is 0 Å². The van der Waals surface area contributed by atoms with Crippen molar-refractivity contribution in [2.24, 2.45) is 16.7 Å². The molecule has 0 amide bonds. The molecule has 1 radical (unpaired) electrons. The fraction of sp³-hybridized carbons (Fsp3) is 0.818. The van der Waals surface area contributed by atoms with Crippen LogP contribution in [0.25, 0.3) is 0 Å². The summed E-state index contributed by atoms with van der Waals surface area (Å²) in [6, 6.07) is 0. The van der Waals surface area contributed by atoms with Crippen LogP contribution in [0.3, 0.4) is 0 Å². The van der Waals surface area contributed by atoms with Crippen LogP contribution < -0.4 is 0 Å². The molecular formula is C11H18O2SY. The van der Waals surface area contributed by atoms with E-state index >= 15 is 0 Å². The Kier molecular flexibility index (Phi) is 4.04. The van der Waals surface area contributed by atoms with Crippen molar-refractivity contribution in [1.29, 1.82) is 0 Å². The molecule has 2 saturated carbocycles. The molecule has 2 aliphatic rings. The zero-order chi connectivity index (χ0) is 10.6. The average Bonchev–Trinajstić information content (AvgIpc) is 2.36. The van der Waals surface area contributed by atoms with E-state index < -0.39 is 11.1 Å². The maximum absolute atomic E-state index is 11.0. The molecule has 2 fully saturated rings. The van der Waals surface area contributed by atoms with Crippen molar-refractivity contribution in [3.63, 3.8) is 0 Å². The Bertz CT molecular complexity index is 314. The van der Waals surface area contributed by atoms with Crippen LogP contribution in [0, 0.1) is 16.7 Å². The van der Waals surface area contributed by atoms with E-state index in [0.29, 0.717) is 11.7 Å². The van der Waals surface area contributed by atoms with E-state index in [1.165, 1.54) is 12.0 Å². The van der Waals surface area contributed by atoms with E-state index in [1.54, 1.807) is 0 Å². The van der Waals surface area contributed by atoms with Crippen LogP contribution in [0.2, 0.25) is 0 Å². The number of rotatable bonds is 2. The minimum Gasteiger partial charge on any atom is -0.306 e. The van der Waals surface area contributed by atoms with Crippen LogP contribution in [-0.2, 0) is 43.8 Å². The Labute approximate surface area is 119 Å². The maximum atomic E-state index is 11.0. The topological polar surface area (TPSA) is 37.3 Å². The van der Waals surface area contributed by atoms with E-state index in [4.69, 9.17) is 4.55 Å². The fourth-order valence-electron chi connectivity index (χ4n) is 3.55. The van der Waals surface area contributed by atoms with Gasteiger partial charge >= 0.3 is 0 Å². The molecule has 2 aliphatic carbocycles. The summed E-state index contributed by atoms with van der Waals surface area (Å²) in [5.41, 5.74) is 1.32. The van der Waals surface area contributed by atoms with Gasteiger partial charge < -0.3 is 4.55 Å². The molecule has 0 aromatic carbocycles. The Balaban J connectivity index is 0.00000112. The third-order valence-corrected chi connectivity index (χ3v) is 5.45. The molecule has 0 heterocycles. The van der Waals surface area contributed by atoms with Gasteiger partial charge in [-0.2, -0.15) is 0 Å². The van der Waals surface area contributed by atoms with Crippen LogP contribution >= 0.6 is 0 Å². The normalized spacial score (nSPS) is 38.9. The van der Waals surface area contributed by atoms with Crippen LogP contribution in [0.15, 0.2) is 12.2 Å². The summed E-state index contributed by atoms with van der Waals surface area (Å²) in [6.07, 6.45) is 3.31. The molecule has 0 spiro atoms. The molecule has 2 rings (SSSR count). The van der Waals surface area contributed by atoms with Crippen LogP contribution in [0.1, 0.15) is 33.1 Å². The second-order valence-corrected chi connectivity index (χ2v) is 6.24. The molecule has 4 heteroatoms. The van der Waals surface area contributed by atoms with E-state index in [2.05, 4.69) is 20.4 Å². The van der Waals surface area contributed by atoms with Crippen molar-refractivity contribution < 1.29 is 41.5 Å².